The Labute approximate surface area is 89.9 Å². The average molecular weight is 208 g/mol. The van der Waals surface area contributed by atoms with Crippen LogP contribution in [0.4, 0.5) is 10.1 Å². The summed E-state index contributed by atoms with van der Waals surface area (Å²) in [5.74, 6) is -0.185. The summed E-state index contributed by atoms with van der Waals surface area (Å²) in [6, 6.07) is 7.48. The van der Waals surface area contributed by atoms with Crippen LogP contribution in [0.15, 0.2) is 24.3 Å². The van der Waals surface area contributed by atoms with Gasteiger partial charge in [0.15, 0.2) is 0 Å². The lowest BCUT2D eigenvalue weighted by Gasteiger charge is -2.26. The van der Waals surface area contributed by atoms with Crippen LogP contribution in [-0.4, -0.2) is 19.1 Å². The number of benzene rings is 1. The Balaban J connectivity index is 2.07. The Morgan fingerprint density at radius 2 is 1.93 bits per heavy atom. The third kappa shape index (κ3) is 2.29. The van der Waals surface area contributed by atoms with Gasteiger partial charge in [-0.15, -0.1) is 0 Å². The molecule has 0 aromatic heterocycles. The number of nitrogens with two attached hydrogens (primary N) is 1. The first-order valence-electron chi connectivity index (χ1n) is 5.41. The van der Waals surface area contributed by atoms with E-state index >= 15 is 0 Å². The lowest BCUT2D eigenvalue weighted by molar-refractivity contribution is 0.620. The maximum Gasteiger partial charge on any atom is 0.123 e. The van der Waals surface area contributed by atoms with Crippen molar-refractivity contribution in [3.8, 4) is 0 Å². The lowest BCUT2D eigenvalue weighted by atomic mass is 10.2. The summed E-state index contributed by atoms with van der Waals surface area (Å²) >= 11 is 0. The monoisotopic (exact) mass is 208 g/mol. The van der Waals surface area contributed by atoms with Gasteiger partial charge in [-0.3, -0.25) is 0 Å². The van der Waals surface area contributed by atoms with Crippen LogP contribution in [0, 0.1) is 5.82 Å². The van der Waals surface area contributed by atoms with Crippen molar-refractivity contribution in [3.05, 3.63) is 30.1 Å². The lowest BCUT2D eigenvalue weighted by Crippen LogP contribution is -2.30. The molecule has 2 rings (SSSR count). The maximum atomic E-state index is 12.8. The highest BCUT2D eigenvalue weighted by atomic mass is 19.1. The molecule has 2 unspecified atom stereocenters. The first kappa shape index (κ1) is 10.4. The largest absolute Gasteiger partial charge is 0.372 e. The van der Waals surface area contributed by atoms with Crippen molar-refractivity contribution < 1.29 is 4.39 Å². The van der Waals surface area contributed by atoms with Gasteiger partial charge in [-0.25, -0.2) is 4.39 Å². The molecule has 0 spiro atoms. The van der Waals surface area contributed by atoms with Gasteiger partial charge in [0.2, 0.25) is 0 Å². The van der Waals surface area contributed by atoms with E-state index in [1.807, 2.05) is 12.1 Å². The molecule has 2 N–H and O–H groups in total. The smallest absolute Gasteiger partial charge is 0.123 e. The summed E-state index contributed by atoms with van der Waals surface area (Å²) in [6.45, 7) is 0. The summed E-state index contributed by atoms with van der Waals surface area (Å²) < 4.78 is 12.8. The van der Waals surface area contributed by atoms with Gasteiger partial charge < -0.3 is 10.6 Å². The number of rotatable bonds is 2. The molecule has 2 atom stereocenters. The van der Waals surface area contributed by atoms with E-state index in [2.05, 4.69) is 11.9 Å². The average Bonchev–Trinajstić information content (AvgIpc) is 2.65. The molecule has 0 radical (unpaired) electrons. The maximum absolute atomic E-state index is 12.8. The fourth-order valence-corrected chi connectivity index (χ4v) is 2.23. The van der Waals surface area contributed by atoms with Gasteiger partial charge in [0.05, 0.1) is 0 Å². The van der Waals surface area contributed by atoms with Gasteiger partial charge in [-0.1, -0.05) is 0 Å². The molecule has 82 valence electrons. The van der Waals surface area contributed by atoms with Crippen LogP contribution < -0.4 is 10.6 Å². The zero-order chi connectivity index (χ0) is 10.8. The van der Waals surface area contributed by atoms with E-state index in [0.29, 0.717) is 12.1 Å². The first-order valence-corrected chi connectivity index (χ1v) is 5.41. The Hall–Kier alpha value is -1.09. The summed E-state index contributed by atoms with van der Waals surface area (Å²) in [6.07, 6.45) is 3.26. The molecule has 0 bridgehead atoms. The molecule has 0 aliphatic heterocycles. The highest BCUT2D eigenvalue weighted by Gasteiger charge is 2.25. The molecule has 1 fully saturated rings. The van der Waals surface area contributed by atoms with Crippen LogP contribution >= 0.6 is 0 Å². The molecule has 1 saturated carbocycles. The van der Waals surface area contributed by atoms with Gasteiger partial charge in [-0.05, 0) is 43.5 Å². The summed E-state index contributed by atoms with van der Waals surface area (Å²) in [7, 11) is 2.05. The highest BCUT2D eigenvalue weighted by Crippen LogP contribution is 2.26. The van der Waals surface area contributed by atoms with E-state index in [4.69, 9.17) is 5.73 Å². The minimum atomic E-state index is -0.185. The first-order chi connectivity index (χ1) is 7.16. The molecule has 2 nitrogen and oxygen atoms in total. The Morgan fingerprint density at radius 1 is 1.27 bits per heavy atom. The molecule has 3 heteroatoms. The van der Waals surface area contributed by atoms with Crippen LogP contribution in [0.1, 0.15) is 19.3 Å². The third-order valence-electron chi connectivity index (χ3n) is 3.23. The van der Waals surface area contributed by atoms with Crippen LogP contribution in [0.2, 0.25) is 0 Å². The van der Waals surface area contributed by atoms with Crippen LogP contribution in [0.25, 0.3) is 0 Å². The Bertz CT molecular complexity index is 323. The van der Waals surface area contributed by atoms with Crippen molar-refractivity contribution in [3.63, 3.8) is 0 Å². The topological polar surface area (TPSA) is 29.3 Å². The second-order valence-corrected chi connectivity index (χ2v) is 4.31. The molecule has 1 aromatic rings. The van der Waals surface area contributed by atoms with Gasteiger partial charge in [0.25, 0.3) is 0 Å². The summed E-state index contributed by atoms with van der Waals surface area (Å²) in [4.78, 5) is 2.20. The Morgan fingerprint density at radius 3 is 2.47 bits per heavy atom. The minimum absolute atomic E-state index is 0.185. The molecule has 0 saturated heterocycles. The molecule has 0 amide bonds. The number of hydrogen-bond acceptors (Lipinski definition) is 2. The van der Waals surface area contributed by atoms with Crippen LogP contribution in [0.3, 0.4) is 0 Å². The van der Waals surface area contributed by atoms with Crippen LogP contribution in [0.5, 0.6) is 0 Å². The minimum Gasteiger partial charge on any atom is -0.372 e. The van der Waals surface area contributed by atoms with Crippen molar-refractivity contribution in [2.45, 2.75) is 31.3 Å². The molecule has 1 aliphatic rings. The Kier molecular flexibility index (Phi) is 2.91. The predicted octanol–water partition coefficient (Wildman–Crippen LogP) is 2.14. The predicted molar refractivity (Wildman–Crippen MR) is 60.4 cm³/mol. The van der Waals surface area contributed by atoms with E-state index in [0.717, 1.165) is 24.9 Å². The van der Waals surface area contributed by atoms with Crippen molar-refractivity contribution in [2.75, 3.05) is 11.9 Å². The number of halogens is 1. The molecule has 0 heterocycles. The number of hydrogen-bond donors (Lipinski definition) is 1. The standard InChI is InChI=1S/C12H17FN2/c1-15(12-7-4-10(14)8-12)11-5-2-9(13)3-6-11/h2-3,5-6,10,12H,4,7-8,14H2,1H3. The van der Waals surface area contributed by atoms with Gasteiger partial charge in [-0.2, -0.15) is 0 Å². The van der Waals surface area contributed by atoms with Crippen molar-refractivity contribution in [1.29, 1.82) is 0 Å². The van der Waals surface area contributed by atoms with E-state index in [1.54, 1.807) is 0 Å². The second kappa shape index (κ2) is 4.19. The quantitative estimate of drug-likeness (QED) is 0.806. The fraction of sp³-hybridized carbons (Fsp3) is 0.500. The highest BCUT2D eigenvalue weighted by molar-refractivity contribution is 5.46. The molecule has 15 heavy (non-hydrogen) atoms. The summed E-state index contributed by atoms with van der Waals surface area (Å²) in [5.41, 5.74) is 6.94. The van der Waals surface area contributed by atoms with E-state index in [9.17, 15) is 4.39 Å². The van der Waals surface area contributed by atoms with Crippen molar-refractivity contribution in [1.82, 2.24) is 0 Å². The second-order valence-electron chi connectivity index (χ2n) is 4.31. The van der Waals surface area contributed by atoms with E-state index < -0.39 is 0 Å². The van der Waals surface area contributed by atoms with Gasteiger partial charge in [0, 0.05) is 24.8 Å². The van der Waals surface area contributed by atoms with Gasteiger partial charge in [0.1, 0.15) is 5.82 Å². The molecule has 1 aromatic carbocycles. The molecular formula is C12H17FN2. The van der Waals surface area contributed by atoms with E-state index in [1.165, 1.54) is 12.1 Å². The number of anilines is 1. The fourth-order valence-electron chi connectivity index (χ4n) is 2.23. The third-order valence-corrected chi connectivity index (χ3v) is 3.23. The number of nitrogens with zero attached hydrogens (tertiary/aromatic N) is 1. The SMILES string of the molecule is CN(c1ccc(F)cc1)C1CCC(N)C1. The zero-order valence-electron chi connectivity index (χ0n) is 8.99. The van der Waals surface area contributed by atoms with Crippen molar-refractivity contribution in [2.24, 2.45) is 5.73 Å². The summed E-state index contributed by atoms with van der Waals surface area (Å²) in [5, 5.41) is 0. The normalized spacial score (nSPS) is 25.5. The van der Waals surface area contributed by atoms with E-state index in [-0.39, 0.29) is 5.82 Å². The van der Waals surface area contributed by atoms with Gasteiger partial charge >= 0.3 is 0 Å². The van der Waals surface area contributed by atoms with Crippen LogP contribution in [-0.2, 0) is 0 Å². The van der Waals surface area contributed by atoms with Crippen molar-refractivity contribution >= 4 is 5.69 Å². The molecular weight excluding hydrogens is 191 g/mol. The zero-order valence-corrected chi connectivity index (χ0v) is 8.99. The molecule has 1 aliphatic carbocycles.